The summed E-state index contributed by atoms with van der Waals surface area (Å²) in [5.74, 6) is 0.342. The summed E-state index contributed by atoms with van der Waals surface area (Å²) in [4.78, 5) is 9.72. The third-order valence-corrected chi connectivity index (χ3v) is 4.37. The first kappa shape index (κ1) is 10.3. The first-order chi connectivity index (χ1) is 9.92. The van der Waals surface area contributed by atoms with Gasteiger partial charge in [-0.05, 0) is 17.7 Å². The highest BCUT2D eigenvalue weighted by atomic mass is 14.9. The van der Waals surface area contributed by atoms with Crippen molar-refractivity contribution in [2.75, 3.05) is 0 Å². The number of nitrogens with zero attached hydrogens (tertiary/aromatic N) is 2. The highest BCUT2D eigenvalue weighted by Gasteiger charge is 2.39. The van der Waals surface area contributed by atoms with Crippen LogP contribution in [0.25, 0.3) is 5.57 Å². The Hall–Kier alpha value is -2.48. The number of para-hydroxylation sites is 1. The van der Waals surface area contributed by atoms with Gasteiger partial charge in [0, 0.05) is 22.8 Å². The third-order valence-electron chi connectivity index (χ3n) is 4.37. The zero-order valence-corrected chi connectivity index (χ0v) is 10.8. The first-order valence-electron chi connectivity index (χ1n) is 6.94. The molecule has 0 N–H and O–H groups in total. The molecule has 0 fully saturated rings. The van der Waals surface area contributed by atoms with E-state index in [0.717, 1.165) is 17.1 Å². The van der Waals surface area contributed by atoms with Gasteiger partial charge in [0.15, 0.2) is 0 Å². The van der Waals surface area contributed by atoms with Gasteiger partial charge in [0.05, 0.1) is 11.4 Å². The lowest BCUT2D eigenvalue weighted by Crippen LogP contribution is -2.22. The second kappa shape index (κ2) is 3.54. The summed E-state index contributed by atoms with van der Waals surface area (Å²) >= 11 is 0. The summed E-state index contributed by atoms with van der Waals surface area (Å²) in [6.07, 6.45) is 13.0. The molecule has 0 spiro atoms. The highest BCUT2D eigenvalue weighted by molar-refractivity contribution is 6.34. The smallest absolute Gasteiger partial charge is 0.115 e. The van der Waals surface area contributed by atoms with Crippen LogP contribution in [0.5, 0.6) is 0 Å². The maximum Gasteiger partial charge on any atom is 0.115 e. The number of allylic oxidation sites excluding steroid dienone is 6. The van der Waals surface area contributed by atoms with E-state index in [-0.39, 0.29) is 6.04 Å². The van der Waals surface area contributed by atoms with Gasteiger partial charge < -0.3 is 0 Å². The fraction of sp³-hybridized carbons (Fsp3) is 0.111. The van der Waals surface area contributed by atoms with Crippen LogP contribution in [0.3, 0.4) is 0 Å². The quantitative estimate of drug-likeness (QED) is 0.676. The van der Waals surface area contributed by atoms with Crippen molar-refractivity contribution in [2.24, 2.45) is 15.9 Å². The van der Waals surface area contributed by atoms with E-state index >= 15 is 0 Å². The van der Waals surface area contributed by atoms with Gasteiger partial charge in [0.25, 0.3) is 0 Å². The zero-order valence-electron chi connectivity index (χ0n) is 10.8. The predicted octanol–water partition coefficient (Wildman–Crippen LogP) is 3.66. The Labute approximate surface area is 117 Å². The molecule has 5 rings (SSSR count). The molecular weight excluding hydrogens is 244 g/mol. The average Bonchev–Trinajstić information content (AvgIpc) is 3.05. The molecule has 0 saturated carbocycles. The molecule has 0 saturated heterocycles. The van der Waals surface area contributed by atoms with Gasteiger partial charge in [-0.15, -0.1) is 0 Å². The van der Waals surface area contributed by atoms with Crippen molar-refractivity contribution in [3.63, 3.8) is 0 Å². The number of hydrogen-bond donors (Lipinski definition) is 0. The Kier molecular flexibility index (Phi) is 1.83. The Bertz CT molecular complexity index is 816. The third kappa shape index (κ3) is 1.19. The summed E-state index contributed by atoms with van der Waals surface area (Å²) < 4.78 is 0. The standard InChI is InChI=1S/C18H12N2/c1-3-7-15-11(5-1)13-9-10-14-12-6-2-4-8-16(12)20-18(14)17(13)19-15/h1-11,17H. The van der Waals surface area contributed by atoms with Crippen molar-refractivity contribution in [1.29, 1.82) is 0 Å². The van der Waals surface area contributed by atoms with Crippen molar-refractivity contribution < 1.29 is 0 Å². The number of rotatable bonds is 0. The molecule has 2 nitrogen and oxygen atoms in total. The lowest BCUT2D eigenvalue weighted by molar-refractivity contribution is 0.960. The van der Waals surface area contributed by atoms with Crippen LogP contribution in [0.4, 0.5) is 5.69 Å². The molecule has 2 atom stereocenters. The number of hydrogen-bond acceptors (Lipinski definition) is 2. The van der Waals surface area contributed by atoms with E-state index in [9.17, 15) is 0 Å². The Morgan fingerprint density at radius 2 is 1.95 bits per heavy atom. The molecule has 2 aliphatic heterocycles. The molecule has 0 bridgehead atoms. The van der Waals surface area contributed by atoms with Crippen molar-refractivity contribution in [1.82, 2.24) is 0 Å². The number of fused-ring (bicyclic) bond motifs is 7. The van der Waals surface area contributed by atoms with Crippen LogP contribution in [-0.2, 0) is 0 Å². The van der Waals surface area contributed by atoms with Crippen molar-refractivity contribution in [3.05, 3.63) is 71.9 Å². The van der Waals surface area contributed by atoms with Crippen molar-refractivity contribution >= 4 is 22.7 Å². The monoisotopic (exact) mass is 256 g/mol. The molecule has 4 aliphatic rings. The van der Waals surface area contributed by atoms with E-state index in [2.05, 4.69) is 54.7 Å². The SMILES string of the molecule is C1=CC2=NC3C(=CC=C4C3=Nc3ccccc34)C2C=C1. The molecule has 2 heterocycles. The van der Waals surface area contributed by atoms with E-state index in [1.165, 1.54) is 16.7 Å². The minimum absolute atomic E-state index is 0.106. The molecule has 2 unspecified atom stereocenters. The molecule has 0 aromatic heterocycles. The summed E-state index contributed by atoms with van der Waals surface area (Å²) in [7, 11) is 0. The van der Waals surface area contributed by atoms with Crippen LogP contribution in [0.2, 0.25) is 0 Å². The van der Waals surface area contributed by atoms with Crippen LogP contribution >= 0.6 is 0 Å². The van der Waals surface area contributed by atoms with E-state index < -0.39 is 0 Å². The minimum atomic E-state index is 0.106. The molecule has 20 heavy (non-hydrogen) atoms. The molecule has 0 amide bonds. The van der Waals surface area contributed by atoms with Crippen LogP contribution in [0.15, 0.2) is 76.3 Å². The Morgan fingerprint density at radius 1 is 1.00 bits per heavy atom. The average molecular weight is 256 g/mol. The summed E-state index contributed by atoms with van der Waals surface area (Å²) in [5, 5.41) is 0. The molecule has 0 radical (unpaired) electrons. The van der Waals surface area contributed by atoms with Crippen molar-refractivity contribution in [2.45, 2.75) is 6.04 Å². The van der Waals surface area contributed by atoms with Crippen molar-refractivity contribution in [3.8, 4) is 0 Å². The lowest BCUT2D eigenvalue weighted by atomic mass is 9.83. The Balaban J connectivity index is 1.70. The molecule has 2 heteroatoms. The maximum atomic E-state index is 4.90. The minimum Gasteiger partial charge on any atom is -0.275 e. The van der Waals surface area contributed by atoms with Crippen LogP contribution in [0.1, 0.15) is 5.56 Å². The first-order valence-corrected chi connectivity index (χ1v) is 6.94. The highest BCUT2D eigenvalue weighted by Crippen LogP contribution is 2.43. The predicted molar refractivity (Wildman–Crippen MR) is 82.6 cm³/mol. The zero-order chi connectivity index (χ0) is 13.1. The molecule has 2 aliphatic carbocycles. The lowest BCUT2D eigenvalue weighted by Gasteiger charge is -2.19. The van der Waals surface area contributed by atoms with E-state index in [1.54, 1.807) is 0 Å². The molecule has 1 aromatic rings. The van der Waals surface area contributed by atoms with E-state index in [1.807, 2.05) is 6.07 Å². The molecule has 1 aromatic carbocycles. The van der Waals surface area contributed by atoms with Crippen LogP contribution in [-0.4, -0.2) is 17.5 Å². The van der Waals surface area contributed by atoms with Crippen LogP contribution in [0, 0.1) is 5.92 Å². The normalized spacial score (nSPS) is 27.8. The van der Waals surface area contributed by atoms with Gasteiger partial charge in [-0.3, -0.25) is 4.99 Å². The van der Waals surface area contributed by atoms with Gasteiger partial charge in [0.1, 0.15) is 6.04 Å². The fourth-order valence-electron chi connectivity index (χ4n) is 3.43. The Morgan fingerprint density at radius 3 is 2.95 bits per heavy atom. The van der Waals surface area contributed by atoms with E-state index in [0.29, 0.717) is 5.92 Å². The largest absolute Gasteiger partial charge is 0.275 e. The summed E-state index contributed by atoms with van der Waals surface area (Å²) in [5.41, 5.74) is 7.19. The number of aliphatic imine (C=N–C) groups is 2. The second-order valence-electron chi connectivity index (χ2n) is 5.44. The van der Waals surface area contributed by atoms with E-state index in [4.69, 9.17) is 9.98 Å². The van der Waals surface area contributed by atoms with Gasteiger partial charge in [-0.25, -0.2) is 4.99 Å². The van der Waals surface area contributed by atoms with Crippen LogP contribution < -0.4 is 0 Å². The second-order valence-corrected chi connectivity index (χ2v) is 5.44. The summed E-state index contributed by atoms with van der Waals surface area (Å²) in [6.45, 7) is 0. The van der Waals surface area contributed by atoms with Gasteiger partial charge in [-0.2, -0.15) is 0 Å². The fourth-order valence-corrected chi connectivity index (χ4v) is 3.43. The van der Waals surface area contributed by atoms with Gasteiger partial charge in [0.2, 0.25) is 0 Å². The summed E-state index contributed by atoms with van der Waals surface area (Å²) in [6, 6.07) is 8.45. The topological polar surface area (TPSA) is 24.7 Å². The molecular formula is C18H12N2. The molecule has 94 valence electrons. The number of benzene rings is 1. The van der Waals surface area contributed by atoms with Gasteiger partial charge in [-0.1, -0.05) is 48.6 Å². The van der Waals surface area contributed by atoms with Gasteiger partial charge >= 0.3 is 0 Å². The maximum absolute atomic E-state index is 4.90.